The fraction of sp³-hybridized carbons (Fsp3) is 0.800. The fourth-order valence-electron chi connectivity index (χ4n) is 1.85. The molecule has 1 aliphatic heterocycles. The zero-order valence-corrected chi connectivity index (χ0v) is 11.7. The molecule has 0 radical (unpaired) electrons. The number of hydrogen-bond donors (Lipinski definition) is 3. The summed E-state index contributed by atoms with van der Waals surface area (Å²) in [6, 6.07) is -0.172. The second-order valence-corrected chi connectivity index (χ2v) is 6.44. The highest BCUT2D eigenvalue weighted by Gasteiger charge is 2.26. The predicted octanol–water partition coefficient (Wildman–Crippen LogP) is -2.40. The molecule has 0 saturated carbocycles. The van der Waals surface area contributed by atoms with Crippen molar-refractivity contribution >= 4 is 21.8 Å². The van der Waals surface area contributed by atoms with Crippen molar-refractivity contribution in [3.05, 3.63) is 0 Å². The highest BCUT2D eigenvalue weighted by Crippen LogP contribution is 2.12. The number of carbonyl (C=O) groups excluding carboxylic acids is 2. The molecule has 8 nitrogen and oxygen atoms in total. The molecule has 1 aliphatic rings. The van der Waals surface area contributed by atoms with Gasteiger partial charge in [-0.2, -0.15) is 0 Å². The smallest absolute Gasteiger partial charge is 0.309 e. The first-order chi connectivity index (χ1) is 8.84. The molecule has 0 atom stereocenters. The third-order valence-corrected chi connectivity index (χ3v) is 4.20. The highest BCUT2D eigenvalue weighted by atomic mass is 32.2. The second kappa shape index (κ2) is 6.83. The lowest BCUT2D eigenvalue weighted by molar-refractivity contribution is -0.139. The summed E-state index contributed by atoms with van der Waals surface area (Å²) in [7, 11) is -3.18. The number of hydrogen-bond acceptors (Lipinski definition) is 5. The van der Waals surface area contributed by atoms with Gasteiger partial charge in [-0.15, -0.1) is 0 Å². The molecule has 0 spiro atoms. The molecule has 0 bridgehead atoms. The summed E-state index contributed by atoms with van der Waals surface area (Å²) in [5, 5.41) is 4.96. The zero-order chi connectivity index (χ0) is 14.5. The Hall–Kier alpha value is -1.19. The third-order valence-electron chi connectivity index (χ3n) is 2.89. The van der Waals surface area contributed by atoms with Gasteiger partial charge in [0.05, 0.1) is 6.26 Å². The topological polar surface area (TPSA) is 122 Å². The summed E-state index contributed by atoms with van der Waals surface area (Å²) in [6.07, 6.45) is 2.16. The maximum atomic E-state index is 11.5. The highest BCUT2D eigenvalue weighted by molar-refractivity contribution is 7.88. The van der Waals surface area contributed by atoms with Crippen molar-refractivity contribution in [2.24, 2.45) is 5.73 Å². The van der Waals surface area contributed by atoms with E-state index in [4.69, 9.17) is 5.73 Å². The molecular weight excluding hydrogens is 272 g/mol. The zero-order valence-electron chi connectivity index (χ0n) is 10.9. The number of sulfonamides is 1. The number of piperidine rings is 1. The van der Waals surface area contributed by atoms with Gasteiger partial charge in [-0.25, -0.2) is 12.7 Å². The van der Waals surface area contributed by atoms with Crippen molar-refractivity contribution in [1.82, 2.24) is 14.9 Å². The SMILES string of the molecule is CS(=O)(=O)N1CCC(NC(=O)C(=O)NCCN)CC1. The van der Waals surface area contributed by atoms with E-state index < -0.39 is 21.8 Å². The Morgan fingerprint density at radius 1 is 1.26 bits per heavy atom. The summed E-state index contributed by atoms with van der Waals surface area (Å²) < 4.78 is 24.0. The fourth-order valence-corrected chi connectivity index (χ4v) is 2.72. The Labute approximate surface area is 112 Å². The average molecular weight is 292 g/mol. The van der Waals surface area contributed by atoms with E-state index in [1.165, 1.54) is 4.31 Å². The van der Waals surface area contributed by atoms with Crippen molar-refractivity contribution in [2.75, 3.05) is 32.4 Å². The van der Waals surface area contributed by atoms with Crippen LogP contribution >= 0.6 is 0 Å². The lowest BCUT2D eigenvalue weighted by Crippen LogP contribution is -2.50. The molecule has 0 aliphatic carbocycles. The Kier molecular flexibility index (Phi) is 5.70. The van der Waals surface area contributed by atoms with E-state index in [1.54, 1.807) is 0 Å². The van der Waals surface area contributed by atoms with Crippen LogP contribution in [0.5, 0.6) is 0 Å². The van der Waals surface area contributed by atoms with Gasteiger partial charge in [0.1, 0.15) is 0 Å². The molecule has 0 aromatic heterocycles. The molecule has 0 aromatic carbocycles. The lowest BCUT2D eigenvalue weighted by atomic mass is 10.1. The molecular formula is C10H20N4O4S. The van der Waals surface area contributed by atoms with Crippen LogP contribution in [-0.2, 0) is 19.6 Å². The summed E-state index contributed by atoms with van der Waals surface area (Å²) in [6.45, 7) is 1.23. The van der Waals surface area contributed by atoms with Crippen molar-refractivity contribution in [3.8, 4) is 0 Å². The van der Waals surface area contributed by atoms with E-state index in [2.05, 4.69) is 10.6 Å². The van der Waals surface area contributed by atoms with Crippen LogP contribution in [0, 0.1) is 0 Å². The standard InChI is InChI=1S/C10H20N4O4S/c1-19(17,18)14-6-2-8(3-7-14)13-10(16)9(15)12-5-4-11/h8H,2-7,11H2,1H3,(H,12,15)(H,13,16). The van der Waals surface area contributed by atoms with Gasteiger partial charge in [-0.1, -0.05) is 0 Å². The number of carbonyl (C=O) groups is 2. The van der Waals surface area contributed by atoms with Gasteiger partial charge in [0.2, 0.25) is 10.0 Å². The summed E-state index contributed by atoms with van der Waals surface area (Å²) in [4.78, 5) is 22.8. The molecule has 110 valence electrons. The molecule has 4 N–H and O–H groups in total. The average Bonchev–Trinajstić information content (AvgIpc) is 2.35. The summed E-state index contributed by atoms with van der Waals surface area (Å²) in [5.74, 6) is -1.41. The van der Waals surface area contributed by atoms with Crippen LogP contribution in [0.2, 0.25) is 0 Å². The van der Waals surface area contributed by atoms with Gasteiger partial charge in [0.25, 0.3) is 0 Å². The van der Waals surface area contributed by atoms with E-state index in [1.807, 2.05) is 0 Å². The minimum atomic E-state index is -3.18. The van der Waals surface area contributed by atoms with Crippen LogP contribution in [-0.4, -0.2) is 63.0 Å². The number of nitrogens with zero attached hydrogens (tertiary/aromatic N) is 1. The van der Waals surface area contributed by atoms with Gasteiger partial charge < -0.3 is 16.4 Å². The van der Waals surface area contributed by atoms with Crippen molar-refractivity contribution in [1.29, 1.82) is 0 Å². The van der Waals surface area contributed by atoms with Gasteiger partial charge in [-0.05, 0) is 12.8 Å². The van der Waals surface area contributed by atoms with Gasteiger partial charge in [0.15, 0.2) is 0 Å². The quantitative estimate of drug-likeness (QED) is 0.499. The van der Waals surface area contributed by atoms with E-state index in [-0.39, 0.29) is 19.1 Å². The van der Waals surface area contributed by atoms with Crippen molar-refractivity contribution in [2.45, 2.75) is 18.9 Å². The molecule has 1 rings (SSSR count). The lowest BCUT2D eigenvalue weighted by Gasteiger charge is -2.30. The van der Waals surface area contributed by atoms with Crippen LogP contribution in [0.25, 0.3) is 0 Å². The first-order valence-electron chi connectivity index (χ1n) is 6.08. The van der Waals surface area contributed by atoms with Crippen molar-refractivity contribution < 1.29 is 18.0 Å². The number of nitrogens with two attached hydrogens (primary N) is 1. The normalized spacial score (nSPS) is 18.0. The van der Waals surface area contributed by atoms with Crippen LogP contribution in [0.3, 0.4) is 0 Å². The van der Waals surface area contributed by atoms with Crippen LogP contribution in [0.4, 0.5) is 0 Å². The molecule has 1 heterocycles. The number of amides is 2. The van der Waals surface area contributed by atoms with Crippen molar-refractivity contribution in [3.63, 3.8) is 0 Å². The summed E-state index contributed by atoms with van der Waals surface area (Å²) >= 11 is 0. The third kappa shape index (κ3) is 5.13. The van der Waals surface area contributed by atoms with Crippen LogP contribution in [0.1, 0.15) is 12.8 Å². The maximum absolute atomic E-state index is 11.5. The predicted molar refractivity (Wildman–Crippen MR) is 69.6 cm³/mol. The molecule has 19 heavy (non-hydrogen) atoms. The Morgan fingerprint density at radius 3 is 2.32 bits per heavy atom. The van der Waals surface area contributed by atoms with Gasteiger partial charge in [0, 0.05) is 32.2 Å². The van der Waals surface area contributed by atoms with E-state index in [0.717, 1.165) is 6.26 Å². The maximum Gasteiger partial charge on any atom is 0.309 e. The number of rotatable bonds is 4. The number of nitrogens with one attached hydrogen (secondary N) is 2. The molecule has 0 aromatic rings. The molecule has 1 saturated heterocycles. The molecule has 0 unspecified atom stereocenters. The van der Waals surface area contributed by atoms with E-state index in [0.29, 0.717) is 25.9 Å². The minimum Gasteiger partial charge on any atom is -0.347 e. The largest absolute Gasteiger partial charge is 0.347 e. The Balaban J connectivity index is 2.37. The van der Waals surface area contributed by atoms with E-state index in [9.17, 15) is 18.0 Å². The van der Waals surface area contributed by atoms with Crippen LogP contribution in [0.15, 0.2) is 0 Å². The monoisotopic (exact) mass is 292 g/mol. The van der Waals surface area contributed by atoms with Crippen LogP contribution < -0.4 is 16.4 Å². The molecule has 2 amide bonds. The Bertz CT molecular complexity index is 429. The second-order valence-electron chi connectivity index (χ2n) is 4.45. The molecule has 1 fully saturated rings. The molecule has 9 heteroatoms. The Morgan fingerprint density at radius 2 is 1.84 bits per heavy atom. The van der Waals surface area contributed by atoms with Gasteiger partial charge in [-0.3, -0.25) is 9.59 Å². The minimum absolute atomic E-state index is 0.172. The first-order valence-corrected chi connectivity index (χ1v) is 7.93. The first kappa shape index (κ1) is 15.9. The van der Waals surface area contributed by atoms with Gasteiger partial charge >= 0.3 is 11.8 Å². The summed E-state index contributed by atoms with van der Waals surface area (Å²) in [5.41, 5.74) is 5.21. The van der Waals surface area contributed by atoms with E-state index >= 15 is 0 Å².